The van der Waals surface area contributed by atoms with Gasteiger partial charge in [0.25, 0.3) is 0 Å². The minimum absolute atomic E-state index is 1.19. The molecule has 0 aromatic rings. The molecule has 42 valence electrons. The van der Waals surface area contributed by atoms with Crippen LogP contribution in [0.15, 0.2) is 0 Å². The van der Waals surface area contributed by atoms with Gasteiger partial charge < -0.3 is 14.9 Å². The van der Waals surface area contributed by atoms with Crippen LogP contribution >= 0.6 is 0 Å². The van der Waals surface area contributed by atoms with Gasteiger partial charge in [0, 0.05) is 13.8 Å². The molecule has 2 atom stereocenters. The molecule has 0 rings (SSSR count). The molecule has 2 radical (unpaired) electrons. The quantitative estimate of drug-likeness (QED) is 0.456. The molecule has 0 saturated carbocycles. The van der Waals surface area contributed by atoms with Crippen LogP contribution in [0.25, 0.3) is 0 Å². The van der Waals surface area contributed by atoms with Gasteiger partial charge in [0.05, 0.1) is 0 Å². The lowest BCUT2D eigenvalue weighted by Gasteiger charge is -2.06. The van der Waals surface area contributed by atoms with Crippen LogP contribution in [-0.4, -0.2) is 22.8 Å². The van der Waals surface area contributed by atoms with Crippen molar-refractivity contribution in [2.24, 2.45) is 0 Å². The van der Waals surface area contributed by atoms with E-state index in [4.69, 9.17) is 10.2 Å². The van der Waals surface area contributed by atoms with Crippen molar-refractivity contribution in [3.8, 4) is 0 Å². The molecule has 0 bridgehead atoms. The predicted molar refractivity (Wildman–Crippen MR) is 23.8 cm³/mol. The Balaban J connectivity index is 2.95. The second-order valence-electron chi connectivity index (χ2n) is 1.05. The van der Waals surface area contributed by atoms with E-state index in [1.807, 2.05) is 0 Å². The first-order valence-electron chi connectivity index (χ1n) is 1.80. The molecule has 0 saturated heterocycles. The van der Waals surface area contributed by atoms with Crippen LogP contribution in [0.4, 0.5) is 0 Å². The molecule has 0 aliphatic rings. The Morgan fingerprint density at radius 1 is 1.14 bits per heavy atom. The molecular formula is C4H8O3. The first-order valence-corrected chi connectivity index (χ1v) is 1.80. The fourth-order valence-corrected chi connectivity index (χ4v) is 0.181. The highest BCUT2D eigenvalue weighted by molar-refractivity contribution is 4.44. The fraction of sp³-hybridized carbons (Fsp3) is 0.500. The Labute approximate surface area is 42.5 Å². The Hall–Kier alpha value is -0.120. The highest BCUT2D eigenvalue weighted by atomic mass is 16.7. The van der Waals surface area contributed by atoms with E-state index in [0.717, 1.165) is 0 Å². The summed E-state index contributed by atoms with van der Waals surface area (Å²) in [5.74, 6) is 0. The zero-order valence-corrected chi connectivity index (χ0v) is 3.87. The molecule has 3 heteroatoms. The van der Waals surface area contributed by atoms with Crippen molar-refractivity contribution in [2.75, 3.05) is 0 Å². The van der Waals surface area contributed by atoms with Gasteiger partial charge in [-0.2, -0.15) is 0 Å². The van der Waals surface area contributed by atoms with Crippen molar-refractivity contribution >= 4 is 0 Å². The van der Waals surface area contributed by atoms with Gasteiger partial charge in [-0.15, -0.1) is 0 Å². The summed E-state index contributed by atoms with van der Waals surface area (Å²) in [4.78, 5) is 0. The van der Waals surface area contributed by atoms with Gasteiger partial charge in [-0.05, 0) is 0 Å². The third-order valence-electron chi connectivity index (χ3n) is 0.314. The molecule has 0 aliphatic carbocycles. The Bertz CT molecular complexity index is 36.2. The maximum Gasteiger partial charge on any atom is 0.157 e. The maximum atomic E-state index is 8.19. The highest BCUT2D eigenvalue weighted by Gasteiger charge is 1.97. The van der Waals surface area contributed by atoms with E-state index in [-0.39, 0.29) is 0 Å². The second-order valence-corrected chi connectivity index (χ2v) is 1.05. The zero-order chi connectivity index (χ0) is 5.86. The van der Waals surface area contributed by atoms with Gasteiger partial charge in [0.2, 0.25) is 0 Å². The second kappa shape index (κ2) is 2.96. The summed E-state index contributed by atoms with van der Waals surface area (Å²) in [7, 11) is 0. The molecule has 0 aromatic heterocycles. The minimum atomic E-state index is -1.19. The lowest BCUT2D eigenvalue weighted by molar-refractivity contribution is -0.166. The van der Waals surface area contributed by atoms with E-state index in [0.29, 0.717) is 0 Å². The molecule has 2 unspecified atom stereocenters. The Morgan fingerprint density at radius 3 is 1.43 bits per heavy atom. The summed E-state index contributed by atoms with van der Waals surface area (Å²) in [5.41, 5.74) is 0. The monoisotopic (exact) mass is 104 g/mol. The standard InChI is InChI=1S/C4H8O3/c1-3(5)7-4(2)6/h3-6H,1-2H2. The molecule has 0 fully saturated rings. The lowest BCUT2D eigenvalue weighted by Crippen LogP contribution is -2.15. The number of ether oxygens (including phenoxy) is 1. The van der Waals surface area contributed by atoms with E-state index in [9.17, 15) is 0 Å². The largest absolute Gasteiger partial charge is 0.368 e. The van der Waals surface area contributed by atoms with Crippen LogP contribution < -0.4 is 0 Å². The van der Waals surface area contributed by atoms with E-state index in [1.54, 1.807) is 0 Å². The lowest BCUT2D eigenvalue weighted by atomic mass is 10.7. The van der Waals surface area contributed by atoms with Crippen molar-refractivity contribution in [3.63, 3.8) is 0 Å². The van der Waals surface area contributed by atoms with Crippen molar-refractivity contribution in [2.45, 2.75) is 12.6 Å². The summed E-state index contributed by atoms with van der Waals surface area (Å²) in [6.45, 7) is 6.02. The van der Waals surface area contributed by atoms with Gasteiger partial charge >= 0.3 is 0 Å². The Kier molecular flexibility index (Phi) is 2.91. The number of rotatable bonds is 2. The van der Waals surface area contributed by atoms with Crippen LogP contribution in [-0.2, 0) is 4.74 Å². The normalized spacial score (nSPS) is 18.9. The SMILES string of the molecule is [CH2]C(O)OC([CH2])O. The molecular weight excluding hydrogens is 96.0 g/mol. The Morgan fingerprint density at radius 2 is 1.43 bits per heavy atom. The minimum Gasteiger partial charge on any atom is -0.368 e. The predicted octanol–water partition coefficient (Wildman–Crippen LogP) is -0.692. The average Bonchev–Trinajstić information content (AvgIpc) is 1.27. The van der Waals surface area contributed by atoms with E-state index in [2.05, 4.69) is 18.6 Å². The molecule has 2 N–H and O–H groups in total. The summed E-state index contributed by atoms with van der Waals surface area (Å²) < 4.78 is 4.14. The van der Waals surface area contributed by atoms with Gasteiger partial charge in [-0.3, -0.25) is 0 Å². The van der Waals surface area contributed by atoms with Crippen molar-refractivity contribution in [1.29, 1.82) is 0 Å². The third kappa shape index (κ3) is 5.88. The molecule has 0 spiro atoms. The first-order chi connectivity index (χ1) is 3.13. The molecule has 0 aliphatic heterocycles. The van der Waals surface area contributed by atoms with Gasteiger partial charge in [-0.1, -0.05) is 0 Å². The molecule has 0 heterocycles. The zero-order valence-electron chi connectivity index (χ0n) is 3.87. The van der Waals surface area contributed by atoms with E-state index in [1.165, 1.54) is 0 Å². The topological polar surface area (TPSA) is 49.7 Å². The number of aliphatic hydroxyl groups excluding tert-OH is 2. The smallest absolute Gasteiger partial charge is 0.157 e. The highest BCUT2D eigenvalue weighted by Crippen LogP contribution is 1.86. The van der Waals surface area contributed by atoms with Crippen LogP contribution in [0.2, 0.25) is 0 Å². The van der Waals surface area contributed by atoms with Crippen LogP contribution in [0.5, 0.6) is 0 Å². The van der Waals surface area contributed by atoms with Crippen molar-refractivity contribution in [3.05, 3.63) is 13.8 Å². The summed E-state index contributed by atoms with van der Waals surface area (Å²) in [5, 5.41) is 16.4. The average molecular weight is 104 g/mol. The van der Waals surface area contributed by atoms with Crippen molar-refractivity contribution in [1.82, 2.24) is 0 Å². The first kappa shape index (κ1) is 6.88. The summed E-state index contributed by atoms with van der Waals surface area (Å²) >= 11 is 0. The molecule has 0 aromatic carbocycles. The van der Waals surface area contributed by atoms with Crippen LogP contribution in [0.1, 0.15) is 0 Å². The molecule has 7 heavy (non-hydrogen) atoms. The number of hydrogen-bond donors (Lipinski definition) is 2. The van der Waals surface area contributed by atoms with E-state index < -0.39 is 12.6 Å². The van der Waals surface area contributed by atoms with Gasteiger partial charge in [0.15, 0.2) is 12.6 Å². The van der Waals surface area contributed by atoms with E-state index >= 15 is 0 Å². The van der Waals surface area contributed by atoms with Crippen LogP contribution in [0, 0.1) is 13.8 Å². The number of aliphatic hydroxyl groups is 2. The molecule has 0 amide bonds. The van der Waals surface area contributed by atoms with Crippen LogP contribution in [0.3, 0.4) is 0 Å². The fourth-order valence-electron chi connectivity index (χ4n) is 0.181. The molecule has 3 nitrogen and oxygen atoms in total. The summed E-state index contributed by atoms with van der Waals surface area (Å²) in [6, 6.07) is 0. The number of hydrogen-bond acceptors (Lipinski definition) is 3. The van der Waals surface area contributed by atoms with Gasteiger partial charge in [0.1, 0.15) is 0 Å². The van der Waals surface area contributed by atoms with Crippen molar-refractivity contribution < 1.29 is 14.9 Å². The summed E-state index contributed by atoms with van der Waals surface area (Å²) in [6.07, 6.45) is -2.38. The van der Waals surface area contributed by atoms with Gasteiger partial charge in [-0.25, -0.2) is 0 Å². The maximum absolute atomic E-state index is 8.19. The third-order valence-corrected chi connectivity index (χ3v) is 0.314.